The Morgan fingerprint density at radius 2 is 2.10 bits per heavy atom. The molecular weight excluding hydrogens is 283 g/mol. The fraction of sp³-hybridized carbons (Fsp3) is 0.600. The Morgan fingerprint density at radius 3 is 2.80 bits per heavy atom. The number of benzene rings is 1. The molecule has 1 nitrogen and oxygen atoms in total. The molecule has 1 aliphatic heterocycles. The van der Waals surface area contributed by atoms with Gasteiger partial charge in [0.25, 0.3) is 0 Å². The molecule has 2 atom stereocenters. The van der Waals surface area contributed by atoms with Gasteiger partial charge in [-0.1, -0.05) is 25.1 Å². The predicted octanol–water partition coefficient (Wildman–Crippen LogP) is 4.59. The molecule has 0 saturated heterocycles. The van der Waals surface area contributed by atoms with Crippen LogP contribution in [-0.4, -0.2) is 24.5 Å². The van der Waals surface area contributed by atoms with E-state index in [1.54, 1.807) is 11.8 Å². The number of alkyl halides is 3. The van der Waals surface area contributed by atoms with Crippen LogP contribution in [0.3, 0.4) is 0 Å². The molecular formula is C15H20F3NS. The second-order valence-corrected chi connectivity index (χ2v) is 6.19. The lowest BCUT2D eigenvalue weighted by molar-refractivity contribution is -0.135. The molecule has 0 spiro atoms. The molecule has 2 rings (SSSR count). The maximum Gasteiger partial charge on any atom is 0.389 e. The van der Waals surface area contributed by atoms with Crippen molar-refractivity contribution < 1.29 is 13.2 Å². The Kier molecular flexibility index (Phi) is 5.38. The van der Waals surface area contributed by atoms with Gasteiger partial charge in [0.15, 0.2) is 0 Å². The number of rotatable bonds is 6. The van der Waals surface area contributed by atoms with E-state index in [9.17, 15) is 13.2 Å². The molecule has 0 aliphatic carbocycles. The van der Waals surface area contributed by atoms with E-state index in [1.165, 1.54) is 10.5 Å². The maximum atomic E-state index is 12.3. The highest BCUT2D eigenvalue weighted by atomic mass is 32.2. The first kappa shape index (κ1) is 15.7. The van der Waals surface area contributed by atoms with Gasteiger partial charge in [0.2, 0.25) is 0 Å². The maximum absolute atomic E-state index is 12.3. The van der Waals surface area contributed by atoms with Crippen molar-refractivity contribution in [3.8, 4) is 0 Å². The van der Waals surface area contributed by atoms with Crippen LogP contribution in [0.2, 0.25) is 0 Å². The Morgan fingerprint density at radius 1 is 1.35 bits per heavy atom. The van der Waals surface area contributed by atoms with E-state index in [-0.39, 0.29) is 12.5 Å². The summed E-state index contributed by atoms with van der Waals surface area (Å²) in [5.41, 5.74) is 1.29. The van der Waals surface area contributed by atoms with Crippen molar-refractivity contribution in [3.63, 3.8) is 0 Å². The minimum absolute atomic E-state index is 0.137. The number of halogens is 3. The molecule has 112 valence electrons. The largest absolute Gasteiger partial charge is 0.389 e. The van der Waals surface area contributed by atoms with Crippen molar-refractivity contribution in [2.24, 2.45) is 0 Å². The summed E-state index contributed by atoms with van der Waals surface area (Å²) in [4.78, 5) is 1.27. The van der Waals surface area contributed by atoms with Crippen molar-refractivity contribution in [2.45, 2.75) is 49.2 Å². The standard InChI is InChI=1S/C15H20F3NS/c1-2-19-13(7-5-9-15(16,17)18)12-10-20-14-8-4-3-6-11(12)14/h3-4,6,8,12-13,19H,2,5,7,9-10H2,1H3. The number of hydrogen-bond acceptors (Lipinski definition) is 2. The van der Waals surface area contributed by atoms with Crippen LogP contribution in [0.15, 0.2) is 29.2 Å². The molecule has 1 aromatic carbocycles. The predicted molar refractivity (Wildman–Crippen MR) is 77.3 cm³/mol. The zero-order chi connectivity index (χ0) is 14.6. The summed E-state index contributed by atoms with van der Waals surface area (Å²) in [5, 5.41) is 3.37. The first-order valence-electron chi connectivity index (χ1n) is 7.03. The topological polar surface area (TPSA) is 12.0 Å². The molecule has 1 N–H and O–H groups in total. The van der Waals surface area contributed by atoms with Gasteiger partial charge in [0.05, 0.1) is 0 Å². The molecule has 0 bridgehead atoms. The second-order valence-electron chi connectivity index (χ2n) is 5.13. The number of fused-ring (bicyclic) bond motifs is 1. The van der Waals surface area contributed by atoms with E-state index in [1.807, 2.05) is 19.1 Å². The molecule has 0 fully saturated rings. The Hall–Kier alpha value is -0.680. The fourth-order valence-electron chi connectivity index (χ4n) is 2.75. The van der Waals surface area contributed by atoms with Crippen LogP contribution < -0.4 is 5.32 Å². The first-order valence-corrected chi connectivity index (χ1v) is 8.01. The van der Waals surface area contributed by atoms with Crippen LogP contribution in [0.5, 0.6) is 0 Å². The average molecular weight is 303 g/mol. The smallest absolute Gasteiger partial charge is 0.314 e. The van der Waals surface area contributed by atoms with Gasteiger partial charge in [-0.25, -0.2) is 0 Å². The lowest BCUT2D eigenvalue weighted by Crippen LogP contribution is -2.35. The normalized spacial score (nSPS) is 19.9. The number of hydrogen-bond donors (Lipinski definition) is 1. The zero-order valence-corrected chi connectivity index (χ0v) is 12.4. The minimum Gasteiger partial charge on any atom is -0.314 e. The number of thioether (sulfide) groups is 1. The van der Waals surface area contributed by atoms with Crippen LogP contribution in [0.1, 0.15) is 37.7 Å². The van der Waals surface area contributed by atoms with E-state index in [0.717, 1.165) is 12.3 Å². The quantitative estimate of drug-likeness (QED) is 0.825. The highest BCUT2D eigenvalue weighted by Gasteiger charge is 2.31. The summed E-state index contributed by atoms with van der Waals surface area (Å²) in [6.07, 6.45) is -3.95. The van der Waals surface area contributed by atoms with Gasteiger partial charge in [0, 0.05) is 29.0 Å². The third-order valence-electron chi connectivity index (χ3n) is 3.66. The summed E-state index contributed by atoms with van der Waals surface area (Å²) in [6.45, 7) is 2.80. The number of likely N-dealkylation sites (N-methyl/N-ethyl adjacent to an activating group) is 1. The number of nitrogens with one attached hydrogen (secondary N) is 1. The summed E-state index contributed by atoms with van der Waals surface area (Å²) >= 11 is 1.81. The van der Waals surface area contributed by atoms with E-state index < -0.39 is 12.6 Å². The highest BCUT2D eigenvalue weighted by Crippen LogP contribution is 2.42. The van der Waals surface area contributed by atoms with Crippen LogP contribution in [0, 0.1) is 0 Å². The van der Waals surface area contributed by atoms with Crippen molar-refractivity contribution in [1.29, 1.82) is 0 Å². The summed E-state index contributed by atoms with van der Waals surface area (Å²) in [5.74, 6) is 1.28. The van der Waals surface area contributed by atoms with Crippen LogP contribution in [0.4, 0.5) is 13.2 Å². The van der Waals surface area contributed by atoms with Gasteiger partial charge in [-0.3, -0.25) is 0 Å². The van der Waals surface area contributed by atoms with Crippen LogP contribution in [0.25, 0.3) is 0 Å². The Bertz CT molecular complexity index is 433. The molecule has 0 aromatic heterocycles. The van der Waals surface area contributed by atoms with Crippen LogP contribution in [-0.2, 0) is 0 Å². The molecule has 0 radical (unpaired) electrons. The Labute approximate surface area is 122 Å². The lowest BCUT2D eigenvalue weighted by atomic mass is 9.90. The fourth-order valence-corrected chi connectivity index (χ4v) is 4.08. The molecule has 1 heterocycles. The van der Waals surface area contributed by atoms with Crippen molar-refractivity contribution in [3.05, 3.63) is 29.8 Å². The van der Waals surface area contributed by atoms with E-state index >= 15 is 0 Å². The lowest BCUT2D eigenvalue weighted by Gasteiger charge is -2.25. The van der Waals surface area contributed by atoms with Crippen molar-refractivity contribution >= 4 is 11.8 Å². The van der Waals surface area contributed by atoms with E-state index in [4.69, 9.17) is 0 Å². The monoisotopic (exact) mass is 303 g/mol. The van der Waals surface area contributed by atoms with Gasteiger partial charge >= 0.3 is 6.18 Å². The summed E-state index contributed by atoms with van der Waals surface area (Å²) in [7, 11) is 0. The average Bonchev–Trinajstić information content (AvgIpc) is 2.80. The van der Waals surface area contributed by atoms with Crippen molar-refractivity contribution in [1.82, 2.24) is 5.32 Å². The first-order chi connectivity index (χ1) is 9.51. The molecule has 20 heavy (non-hydrogen) atoms. The second kappa shape index (κ2) is 6.85. The molecule has 0 amide bonds. The van der Waals surface area contributed by atoms with E-state index in [0.29, 0.717) is 12.3 Å². The van der Waals surface area contributed by atoms with Gasteiger partial charge in [-0.05, 0) is 31.0 Å². The molecule has 1 aliphatic rings. The Balaban J connectivity index is 1.99. The highest BCUT2D eigenvalue weighted by molar-refractivity contribution is 7.99. The molecule has 1 aromatic rings. The third-order valence-corrected chi connectivity index (χ3v) is 4.87. The van der Waals surface area contributed by atoms with Crippen molar-refractivity contribution in [2.75, 3.05) is 12.3 Å². The summed E-state index contributed by atoms with van der Waals surface area (Å²) < 4.78 is 36.9. The van der Waals surface area contributed by atoms with Gasteiger partial charge in [-0.2, -0.15) is 13.2 Å². The minimum atomic E-state index is -4.04. The molecule has 2 unspecified atom stereocenters. The van der Waals surface area contributed by atoms with Gasteiger partial charge < -0.3 is 5.32 Å². The van der Waals surface area contributed by atoms with Gasteiger partial charge in [-0.15, -0.1) is 11.8 Å². The molecule has 5 heteroatoms. The third kappa shape index (κ3) is 4.16. The van der Waals surface area contributed by atoms with Crippen LogP contribution >= 0.6 is 11.8 Å². The molecule has 0 saturated carbocycles. The van der Waals surface area contributed by atoms with Gasteiger partial charge in [0.1, 0.15) is 0 Å². The van der Waals surface area contributed by atoms with E-state index in [2.05, 4.69) is 17.4 Å². The summed E-state index contributed by atoms with van der Waals surface area (Å²) in [6, 6.07) is 8.36. The zero-order valence-electron chi connectivity index (χ0n) is 11.5. The SMILES string of the molecule is CCNC(CCCC(F)(F)F)C1CSc2ccccc21.